The summed E-state index contributed by atoms with van der Waals surface area (Å²) in [5.41, 5.74) is 1.85. The van der Waals surface area contributed by atoms with Gasteiger partial charge in [-0.15, -0.1) is 0 Å². The molecule has 25 heavy (non-hydrogen) atoms. The molecule has 4 fully saturated rings. The third-order valence-corrected chi connectivity index (χ3v) is 8.32. The number of ketones is 1. The fourth-order valence-corrected chi connectivity index (χ4v) is 7.20. The van der Waals surface area contributed by atoms with Crippen LogP contribution in [0.15, 0.2) is 11.6 Å². The summed E-state index contributed by atoms with van der Waals surface area (Å²) in [6.45, 7) is 2.51. The number of esters is 1. The van der Waals surface area contributed by atoms with E-state index >= 15 is 0 Å². The van der Waals surface area contributed by atoms with Crippen molar-refractivity contribution in [2.24, 2.45) is 35.0 Å². The van der Waals surface area contributed by atoms with Gasteiger partial charge in [-0.3, -0.25) is 9.59 Å². The van der Waals surface area contributed by atoms with E-state index in [4.69, 9.17) is 4.74 Å². The van der Waals surface area contributed by atoms with Gasteiger partial charge in [-0.1, -0.05) is 12.5 Å². The summed E-state index contributed by atoms with van der Waals surface area (Å²) in [6, 6.07) is 0. The molecule has 0 N–H and O–H groups in total. The quantitative estimate of drug-likeness (QED) is 0.611. The van der Waals surface area contributed by atoms with E-state index in [1.54, 1.807) is 0 Å². The topological polar surface area (TPSA) is 43.4 Å². The highest BCUT2D eigenvalue weighted by molar-refractivity contribution is 5.91. The minimum Gasteiger partial charge on any atom is -0.462 e. The number of hydrogen-bond donors (Lipinski definition) is 0. The Bertz CT molecular complexity index is 635. The lowest BCUT2D eigenvalue weighted by atomic mass is 9.49. The predicted molar refractivity (Wildman–Crippen MR) is 94.7 cm³/mol. The second-order valence-electron chi connectivity index (χ2n) is 9.70. The van der Waals surface area contributed by atoms with E-state index < -0.39 is 0 Å². The van der Waals surface area contributed by atoms with Crippen LogP contribution in [-0.4, -0.2) is 17.9 Å². The molecule has 0 spiro atoms. The molecule has 0 aromatic carbocycles. The lowest BCUT2D eigenvalue weighted by molar-refractivity contribution is -0.145. The Morgan fingerprint density at radius 3 is 2.76 bits per heavy atom. The highest BCUT2D eigenvalue weighted by Crippen LogP contribution is 2.64. The molecule has 1 heterocycles. The normalized spacial score (nSPS) is 49.1. The van der Waals surface area contributed by atoms with Crippen LogP contribution in [0.4, 0.5) is 0 Å². The molecule has 3 saturated carbocycles. The number of allylic oxidation sites excluding steroid dienone is 2. The third-order valence-electron chi connectivity index (χ3n) is 8.32. The van der Waals surface area contributed by atoms with Crippen molar-refractivity contribution in [3.63, 3.8) is 0 Å². The van der Waals surface area contributed by atoms with Crippen molar-refractivity contribution in [2.75, 3.05) is 0 Å². The van der Waals surface area contributed by atoms with Gasteiger partial charge in [0.25, 0.3) is 0 Å². The number of fused-ring (bicyclic) bond motifs is 7. The lowest BCUT2D eigenvalue weighted by Crippen LogP contribution is -2.48. The van der Waals surface area contributed by atoms with Crippen molar-refractivity contribution in [3.05, 3.63) is 11.6 Å². The smallest absolute Gasteiger partial charge is 0.306 e. The summed E-state index contributed by atoms with van der Waals surface area (Å²) in [5, 5.41) is 0. The number of carbonyl (C=O) groups excluding carboxylic acids is 2. The number of rotatable bonds is 0. The molecule has 3 nitrogen and oxygen atoms in total. The highest BCUT2D eigenvalue weighted by atomic mass is 16.5. The fraction of sp³-hybridized carbons (Fsp3) is 0.818. The van der Waals surface area contributed by atoms with Crippen LogP contribution >= 0.6 is 0 Å². The Kier molecular flexibility index (Phi) is 3.66. The van der Waals surface area contributed by atoms with Crippen molar-refractivity contribution < 1.29 is 14.3 Å². The van der Waals surface area contributed by atoms with E-state index in [9.17, 15) is 9.59 Å². The van der Waals surface area contributed by atoms with Crippen LogP contribution in [-0.2, 0) is 14.3 Å². The van der Waals surface area contributed by atoms with Gasteiger partial charge in [-0.05, 0) is 86.5 Å². The van der Waals surface area contributed by atoms with Crippen LogP contribution in [0, 0.1) is 35.0 Å². The van der Waals surface area contributed by atoms with E-state index in [1.807, 2.05) is 6.08 Å². The first kappa shape index (κ1) is 16.1. The maximum absolute atomic E-state index is 12.0. The Morgan fingerprint density at radius 1 is 1.00 bits per heavy atom. The maximum Gasteiger partial charge on any atom is 0.306 e. The molecule has 0 bridgehead atoms. The number of hydrogen-bond acceptors (Lipinski definition) is 3. The van der Waals surface area contributed by atoms with E-state index in [-0.39, 0.29) is 12.1 Å². The first-order valence-electron chi connectivity index (χ1n) is 10.5. The summed E-state index contributed by atoms with van der Waals surface area (Å²) in [4.78, 5) is 23.8. The molecule has 1 saturated heterocycles. The van der Waals surface area contributed by atoms with Crippen LogP contribution < -0.4 is 0 Å². The zero-order valence-corrected chi connectivity index (χ0v) is 15.3. The molecule has 0 aromatic rings. The molecule has 6 unspecified atom stereocenters. The Morgan fingerprint density at radius 2 is 1.88 bits per heavy atom. The molecular weight excluding hydrogens is 312 g/mol. The van der Waals surface area contributed by atoms with Crippen LogP contribution in [0.2, 0.25) is 0 Å². The Labute approximate surface area is 150 Å². The second kappa shape index (κ2) is 5.69. The molecule has 7 atom stereocenters. The molecule has 3 heteroatoms. The number of carbonyl (C=O) groups is 2. The highest BCUT2D eigenvalue weighted by Gasteiger charge is 2.59. The second-order valence-corrected chi connectivity index (χ2v) is 9.70. The molecule has 0 aromatic heterocycles. The van der Waals surface area contributed by atoms with Crippen molar-refractivity contribution >= 4 is 11.8 Å². The zero-order valence-electron chi connectivity index (χ0n) is 15.3. The van der Waals surface area contributed by atoms with Gasteiger partial charge in [0.1, 0.15) is 6.10 Å². The summed E-state index contributed by atoms with van der Waals surface area (Å²) < 4.78 is 5.74. The SMILES string of the molecule is CC12CCCC(=O)O[C@@H]3CC3C1C1CCC3=CC(=O)CCC3C1CC2. The summed E-state index contributed by atoms with van der Waals surface area (Å²) in [6.07, 6.45) is 12.9. The van der Waals surface area contributed by atoms with E-state index in [1.165, 1.54) is 31.3 Å². The largest absolute Gasteiger partial charge is 0.462 e. The van der Waals surface area contributed by atoms with Crippen LogP contribution in [0.3, 0.4) is 0 Å². The standard InChI is InChI=1S/C22H30O3/c1-22-9-2-3-20(24)25-19-12-18(19)21(22)17-6-4-13-11-14(23)5-7-15(13)16(17)8-10-22/h11,15-19,21H,2-10,12H2,1H3/t15?,16?,17?,18?,19-,21?,22?/m1/s1. The van der Waals surface area contributed by atoms with Crippen molar-refractivity contribution in [2.45, 2.75) is 77.2 Å². The van der Waals surface area contributed by atoms with Crippen LogP contribution in [0.25, 0.3) is 0 Å². The van der Waals surface area contributed by atoms with Crippen LogP contribution in [0.5, 0.6) is 0 Å². The van der Waals surface area contributed by atoms with E-state index in [2.05, 4.69) is 6.92 Å². The minimum absolute atomic E-state index is 0.0333. The van der Waals surface area contributed by atoms with Gasteiger partial charge in [0.15, 0.2) is 5.78 Å². The monoisotopic (exact) mass is 342 g/mol. The predicted octanol–water partition coefficient (Wildman–Crippen LogP) is 4.45. The Balaban J connectivity index is 1.46. The maximum atomic E-state index is 12.0. The number of ether oxygens (including phenoxy) is 1. The molecule has 0 amide bonds. The summed E-state index contributed by atoms with van der Waals surface area (Å²) in [5.74, 6) is 3.92. The molecule has 136 valence electrons. The van der Waals surface area contributed by atoms with Crippen molar-refractivity contribution in [1.29, 1.82) is 0 Å². The van der Waals surface area contributed by atoms with Gasteiger partial charge in [-0.25, -0.2) is 0 Å². The molecule has 1 aliphatic heterocycles. The van der Waals surface area contributed by atoms with Crippen LogP contribution in [0.1, 0.15) is 71.1 Å². The van der Waals surface area contributed by atoms with Gasteiger partial charge < -0.3 is 4.74 Å². The molecule has 4 aliphatic carbocycles. The summed E-state index contributed by atoms with van der Waals surface area (Å²) in [7, 11) is 0. The molecule has 5 aliphatic rings. The summed E-state index contributed by atoms with van der Waals surface area (Å²) >= 11 is 0. The van der Waals surface area contributed by atoms with Gasteiger partial charge >= 0.3 is 5.97 Å². The van der Waals surface area contributed by atoms with Gasteiger partial charge in [-0.2, -0.15) is 0 Å². The molecular formula is C22H30O3. The van der Waals surface area contributed by atoms with Gasteiger partial charge in [0, 0.05) is 18.8 Å². The average Bonchev–Trinajstić information content (AvgIpc) is 3.31. The average molecular weight is 342 g/mol. The fourth-order valence-electron chi connectivity index (χ4n) is 7.20. The Hall–Kier alpha value is -1.12. The van der Waals surface area contributed by atoms with Crippen molar-refractivity contribution in [3.8, 4) is 0 Å². The van der Waals surface area contributed by atoms with Gasteiger partial charge in [0.2, 0.25) is 0 Å². The third kappa shape index (κ3) is 2.61. The zero-order chi connectivity index (χ0) is 17.2. The minimum atomic E-state index is 0.0333. The van der Waals surface area contributed by atoms with E-state index in [0.717, 1.165) is 49.9 Å². The van der Waals surface area contributed by atoms with Crippen molar-refractivity contribution in [1.82, 2.24) is 0 Å². The first-order chi connectivity index (χ1) is 12.0. The first-order valence-corrected chi connectivity index (χ1v) is 10.5. The molecule has 0 radical (unpaired) electrons. The molecule has 5 rings (SSSR count). The lowest BCUT2D eigenvalue weighted by Gasteiger charge is -2.55. The van der Waals surface area contributed by atoms with Gasteiger partial charge in [0.05, 0.1) is 0 Å². The van der Waals surface area contributed by atoms with E-state index in [0.29, 0.717) is 29.5 Å².